The van der Waals surface area contributed by atoms with Crippen molar-refractivity contribution in [2.75, 3.05) is 11.9 Å². The molecule has 0 saturated heterocycles. The average molecular weight is 277 g/mol. The van der Waals surface area contributed by atoms with Gasteiger partial charge in [0.1, 0.15) is 0 Å². The number of amides is 2. The van der Waals surface area contributed by atoms with Crippen molar-refractivity contribution in [3.8, 4) is 0 Å². The number of anilines is 1. The monoisotopic (exact) mass is 277 g/mol. The molecule has 0 aliphatic heterocycles. The van der Waals surface area contributed by atoms with Gasteiger partial charge in [-0.1, -0.05) is 19.1 Å². The molecule has 1 aromatic rings. The van der Waals surface area contributed by atoms with Crippen LogP contribution in [0.3, 0.4) is 0 Å². The van der Waals surface area contributed by atoms with Crippen LogP contribution in [0.25, 0.3) is 0 Å². The first kappa shape index (κ1) is 16.2. The Labute approximate surface area is 119 Å². The molecule has 0 saturated carbocycles. The summed E-state index contributed by atoms with van der Waals surface area (Å²) in [6.07, 6.45) is 0.671. The van der Waals surface area contributed by atoms with Crippen LogP contribution >= 0.6 is 0 Å². The Bertz CT molecular complexity index is 474. The van der Waals surface area contributed by atoms with E-state index in [0.717, 1.165) is 11.3 Å². The summed E-state index contributed by atoms with van der Waals surface area (Å²) in [6, 6.07) is 7.34. The Morgan fingerprint density at radius 2 is 2.00 bits per heavy atom. The van der Waals surface area contributed by atoms with Crippen LogP contribution in [0.2, 0.25) is 0 Å². The second-order valence-corrected chi connectivity index (χ2v) is 5.02. The molecular weight excluding hydrogens is 254 g/mol. The van der Waals surface area contributed by atoms with Gasteiger partial charge in [0.05, 0.1) is 6.04 Å². The van der Waals surface area contributed by atoms with Gasteiger partial charge in [0, 0.05) is 18.5 Å². The van der Waals surface area contributed by atoms with E-state index in [-0.39, 0.29) is 23.8 Å². The molecule has 0 bridgehead atoms. The van der Waals surface area contributed by atoms with Crippen LogP contribution in [-0.2, 0) is 9.59 Å². The van der Waals surface area contributed by atoms with Crippen molar-refractivity contribution in [1.82, 2.24) is 5.32 Å². The summed E-state index contributed by atoms with van der Waals surface area (Å²) in [5.74, 6) is -0.218. The number of nitrogens with one attached hydrogen (secondary N) is 2. The zero-order chi connectivity index (χ0) is 15.1. The molecule has 5 nitrogen and oxygen atoms in total. The zero-order valence-corrected chi connectivity index (χ0v) is 12.3. The number of carbonyl (C=O) groups is 2. The average Bonchev–Trinajstić information content (AvgIpc) is 2.38. The predicted octanol–water partition coefficient (Wildman–Crippen LogP) is 1.81. The van der Waals surface area contributed by atoms with Crippen LogP contribution in [0.1, 0.15) is 38.8 Å². The molecule has 0 fully saturated rings. The van der Waals surface area contributed by atoms with Gasteiger partial charge in [-0.3, -0.25) is 9.59 Å². The zero-order valence-electron chi connectivity index (χ0n) is 12.3. The van der Waals surface area contributed by atoms with E-state index >= 15 is 0 Å². The number of hydrogen-bond donors (Lipinski definition) is 3. The van der Waals surface area contributed by atoms with E-state index in [4.69, 9.17) is 5.73 Å². The maximum Gasteiger partial charge on any atom is 0.223 e. The minimum absolute atomic E-state index is 0.00659. The number of rotatable bonds is 6. The molecule has 0 aliphatic carbocycles. The summed E-state index contributed by atoms with van der Waals surface area (Å²) in [5, 5.41) is 5.68. The molecule has 2 unspecified atom stereocenters. The summed E-state index contributed by atoms with van der Waals surface area (Å²) < 4.78 is 0. The lowest BCUT2D eigenvalue weighted by molar-refractivity contribution is -0.125. The molecular formula is C15H23N3O2. The van der Waals surface area contributed by atoms with E-state index in [1.54, 1.807) is 0 Å². The SMILES string of the molecule is CC(=O)Nc1cccc(C(C)NC(=O)C(C)CCN)c1. The van der Waals surface area contributed by atoms with Gasteiger partial charge in [-0.15, -0.1) is 0 Å². The third-order valence-electron chi connectivity index (χ3n) is 3.11. The van der Waals surface area contributed by atoms with Crippen molar-refractivity contribution in [2.45, 2.75) is 33.2 Å². The van der Waals surface area contributed by atoms with Crippen molar-refractivity contribution in [3.63, 3.8) is 0 Å². The first-order valence-corrected chi connectivity index (χ1v) is 6.82. The molecule has 20 heavy (non-hydrogen) atoms. The van der Waals surface area contributed by atoms with Gasteiger partial charge < -0.3 is 16.4 Å². The highest BCUT2D eigenvalue weighted by atomic mass is 16.2. The van der Waals surface area contributed by atoms with Crippen molar-refractivity contribution >= 4 is 17.5 Å². The summed E-state index contributed by atoms with van der Waals surface area (Å²) in [7, 11) is 0. The molecule has 2 amide bonds. The number of benzene rings is 1. The second kappa shape index (κ2) is 7.65. The molecule has 4 N–H and O–H groups in total. The second-order valence-electron chi connectivity index (χ2n) is 5.02. The topological polar surface area (TPSA) is 84.2 Å². The Balaban J connectivity index is 2.69. The molecule has 0 heterocycles. The third kappa shape index (κ3) is 5.01. The molecule has 0 aromatic heterocycles. The van der Waals surface area contributed by atoms with Crippen molar-refractivity contribution in [1.29, 1.82) is 0 Å². The van der Waals surface area contributed by atoms with Crippen molar-refractivity contribution in [3.05, 3.63) is 29.8 Å². The minimum Gasteiger partial charge on any atom is -0.349 e. The molecule has 5 heteroatoms. The molecule has 0 spiro atoms. The summed E-state index contributed by atoms with van der Waals surface area (Å²) in [6.45, 7) is 5.75. The van der Waals surface area contributed by atoms with E-state index in [9.17, 15) is 9.59 Å². The van der Waals surface area contributed by atoms with Crippen molar-refractivity contribution < 1.29 is 9.59 Å². The lowest BCUT2D eigenvalue weighted by atomic mass is 10.0. The quantitative estimate of drug-likeness (QED) is 0.741. The molecule has 2 atom stereocenters. The standard InChI is InChI=1S/C15H23N3O2/c1-10(7-8-16)15(20)17-11(2)13-5-4-6-14(9-13)18-12(3)19/h4-6,9-11H,7-8,16H2,1-3H3,(H,17,20)(H,18,19). The van der Waals surface area contributed by atoms with Crippen LogP contribution in [0.15, 0.2) is 24.3 Å². The fraction of sp³-hybridized carbons (Fsp3) is 0.467. The Morgan fingerprint density at radius 1 is 1.30 bits per heavy atom. The van der Waals surface area contributed by atoms with E-state index in [0.29, 0.717) is 13.0 Å². The van der Waals surface area contributed by atoms with E-state index in [2.05, 4.69) is 10.6 Å². The molecule has 0 radical (unpaired) electrons. The van der Waals surface area contributed by atoms with Gasteiger partial charge in [-0.25, -0.2) is 0 Å². The maximum absolute atomic E-state index is 11.9. The van der Waals surface area contributed by atoms with E-state index in [1.165, 1.54) is 6.92 Å². The van der Waals surface area contributed by atoms with Crippen LogP contribution in [-0.4, -0.2) is 18.4 Å². The van der Waals surface area contributed by atoms with E-state index in [1.807, 2.05) is 38.1 Å². The third-order valence-corrected chi connectivity index (χ3v) is 3.11. The van der Waals surface area contributed by atoms with Crippen LogP contribution in [0, 0.1) is 5.92 Å². The van der Waals surface area contributed by atoms with Crippen molar-refractivity contribution in [2.24, 2.45) is 11.7 Å². The first-order valence-electron chi connectivity index (χ1n) is 6.82. The highest BCUT2D eigenvalue weighted by Gasteiger charge is 2.15. The first-order chi connectivity index (χ1) is 9.43. The van der Waals surface area contributed by atoms with Crippen LogP contribution < -0.4 is 16.4 Å². The lowest BCUT2D eigenvalue weighted by Gasteiger charge is -2.18. The van der Waals surface area contributed by atoms with Gasteiger partial charge in [0.2, 0.25) is 11.8 Å². The maximum atomic E-state index is 11.9. The Hall–Kier alpha value is -1.88. The summed E-state index contributed by atoms with van der Waals surface area (Å²) in [5.41, 5.74) is 7.13. The molecule has 1 aromatic carbocycles. The number of nitrogens with two attached hydrogens (primary N) is 1. The van der Waals surface area contributed by atoms with Gasteiger partial charge in [0.25, 0.3) is 0 Å². The largest absolute Gasteiger partial charge is 0.349 e. The van der Waals surface area contributed by atoms with Gasteiger partial charge in [-0.05, 0) is 37.6 Å². The minimum atomic E-state index is -0.115. The summed E-state index contributed by atoms with van der Waals surface area (Å²) in [4.78, 5) is 23.0. The smallest absolute Gasteiger partial charge is 0.223 e. The lowest BCUT2D eigenvalue weighted by Crippen LogP contribution is -2.32. The van der Waals surface area contributed by atoms with Crippen LogP contribution in [0.5, 0.6) is 0 Å². The number of hydrogen-bond acceptors (Lipinski definition) is 3. The molecule has 1 rings (SSSR count). The highest BCUT2D eigenvalue weighted by Crippen LogP contribution is 2.18. The fourth-order valence-corrected chi connectivity index (χ4v) is 1.91. The Kier molecular flexibility index (Phi) is 6.18. The summed E-state index contributed by atoms with van der Waals surface area (Å²) >= 11 is 0. The molecule has 110 valence electrons. The molecule has 0 aliphatic rings. The van der Waals surface area contributed by atoms with E-state index < -0.39 is 0 Å². The van der Waals surface area contributed by atoms with Gasteiger partial charge in [0.15, 0.2) is 0 Å². The normalized spacial score (nSPS) is 13.4. The van der Waals surface area contributed by atoms with Gasteiger partial charge >= 0.3 is 0 Å². The predicted molar refractivity (Wildman–Crippen MR) is 80.1 cm³/mol. The Morgan fingerprint density at radius 3 is 2.60 bits per heavy atom. The van der Waals surface area contributed by atoms with Crippen LogP contribution in [0.4, 0.5) is 5.69 Å². The number of carbonyl (C=O) groups excluding carboxylic acids is 2. The highest BCUT2D eigenvalue weighted by molar-refractivity contribution is 5.88. The van der Waals surface area contributed by atoms with Gasteiger partial charge in [-0.2, -0.15) is 0 Å². The fourth-order valence-electron chi connectivity index (χ4n) is 1.91.